The average molecular weight is 365 g/mol. The fraction of sp³-hybridized carbons (Fsp3) is 0.500. The van der Waals surface area contributed by atoms with Gasteiger partial charge in [-0.25, -0.2) is 9.98 Å². The van der Waals surface area contributed by atoms with Gasteiger partial charge in [-0.1, -0.05) is 0 Å². The third-order valence-corrected chi connectivity index (χ3v) is 6.09. The Hall–Kier alpha value is -2.54. The van der Waals surface area contributed by atoms with E-state index in [0.29, 0.717) is 18.1 Å². The van der Waals surface area contributed by atoms with Crippen molar-refractivity contribution in [3.8, 4) is 0 Å². The number of nitrogens with zero attached hydrogens (tertiary/aromatic N) is 5. The number of anilines is 2. The van der Waals surface area contributed by atoms with Gasteiger partial charge >= 0.3 is 0 Å². The quantitative estimate of drug-likeness (QED) is 0.860. The monoisotopic (exact) mass is 365 g/mol. The summed E-state index contributed by atoms with van der Waals surface area (Å²) in [7, 11) is 0. The first-order valence-electron chi connectivity index (χ1n) is 9.81. The number of hydrazine groups is 1. The Morgan fingerprint density at radius 2 is 1.96 bits per heavy atom. The second kappa shape index (κ2) is 6.27. The minimum Gasteiger partial charge on any atom is -0.366 e. The van der Waals surface area contributed by atoms with E-state index in [9.17, 15) is 0 Å². The summed E-state index contributed by atoms with van der Waals surface area (Å²) in [5.41, 5.74) is 6.55. The van der Waals surface area contributed by atoms with Gasteiger partial charge in [-0.15, -0.1) is 0 Å². The van der Waals surface area contributed by atoms with E-state index >= 15 is 0 Å². The van der Waals surface area contributed by atoms with Crippen LogP contribution in [0.5, 0.6) is 0 Å². The minimum atomic E-state index is -0.119. The smallest absolute Gasteiger partial charge is 0.198 e. The summed E-state index contributed by atoms with van der Waals surface area (Å²) in [6.45, 7) is 8.97. The van der Waals surface area contributed by atoms with Gasteiger partial charge in [-0.3, -0.25) is 15.3 Å². The molecule has 4 heterocycles. The fourth-order valence-corrected chi connectivity index (χ4v) is 4.71. The Kier molecular flexibility index (Phi) is 3.86. The molecule has 2 N–H and O–H groups in total. The summed E-state index contributed by atoms with van der Waals surface area (Å²) in [6, 6.07) is 10.7. The first-order valence-corrected chi connectivity index (χ1v) is 9.81. The van der Waals surface area contributed by atoms with E-state index in [2.05, 4.69) is 68.6 Å². The Morgan fingerprint density at radius 3 is 2.67 bits per heavy atom. The lowest BCUT2D eigenvalue weighted by atomic mass is 10.2. The maximum atomic E-state index is 4.54. The van der Waals surface area contributed by atoms with Crippen molar-refractivity contribution in [2.45, 2.75) is 51.5 Å². The Morgan fingerprint density at radius 1 is 1.15 bits per heavy atom. The maximum absolute atomic E-state index is 4.54. The molecule has 4 aliphatic rings. The van der Waals surface area contributed by atoms with Crippen molar-refractivity contribution in [1.29, 1.82) is 0 Å². The van der Waals surface area contributed by atoms with Crippen LogP contribution in [0.25, 0.3) is 0 Å². The molecule has 142 valence electrons. The van der Waals surface area contributed by atoms with Gasteiger partial charge < -0.3 is 10.2 Å². The molecule has 0 radical (unpaired) electrons. The van der Waals surface area contributed by atoms with Gasteiger partial charge in [-0.2, -0.15) is 0 Å². The van der Waals surface area contributed by atoms with Crippen molar-refractivity contribution in [1.82, 2.24) is 15.3 Å². The topological polar surface area (TPSA) is 58.5 Å². The Bertz CT molecular complexity index is 810. The molecule has 2 fully saturated rings. The first kappa shape index (κ1) is 16.6. The number of fused-ring (bicyclic) bond motifs is 3. The Labute approximate surface area is 160 Å². The van der Waals surface area contributed by atoms with E-state index in [4.69, 9.17) is 0 Å². The fourth-order valence-electron chi connectivity index (χ4n) is 4.71. The number of hydrogen-bond donors (Lipinski definition) is 2. The summed E-state index contributed by atoms with van der Waals surface area (Å²) >= 11 is 0. The number of hydrogen-bond acceptors (Lipinski definition) is 7. The van der Waals surface area contributed by atoms with Crippen LogP contribution >= 0.6 is 0 Å². The molecular weight excluding hydrogens is 338 g/mol. The van der Waals surface area contributed by atoms with Crippen LogP contribution in [-0.2, 0) is 0 Å². The number of nitrogens with one attached hydrogen (secondary N) is 2. The first-order chi connectivity index (χ1) is 13.1. The highest BCUT2D eigenvalue weighted by Gasteiger charge is 2.43. The third-order valence-electron chi connectivity index (χ3n) is 6.09. The maximum Gasteiger partial charge on any atom is 0.198 e. The third kappa shape index (κ3) is 2.77. The number of amidine groups is 1. The van der Waals surface area contributed by atoms with E-state index < -0.39 is 0 Å². The molecule has 0 aliphatic carbocycles. The van der Waals surface area contributed by atoms with Crippen LogP contribution in [0.2, 0.25) is 0 Å². The normalized spacial score (nSPS) is 29.1. The molecule has 1 aromatic carbocycles. The van der Waals surface area contributed by atoms with Crippen LogP contribution in [0.4, 0.5) is 11.4 Å². The SMILES string of the molecule is CC1=CN=C(Nc2ccc(N3C[C@@H]4C[C@H]3CN4C(C)C)cc2)C2N=CNN12. The number of benzene rings is 1. The van der Waals surface area contributed by atoms with Gasteiger partial charge in [0, 0.05) is 48.8 Å². The van der Waals surface area contributed by atoms with Gasteiger partial charge in [0.25, 0.3) is 0 Å². The molecule has 0 spiro atoms. The molecule has 3 atom stereocenters. The van der Waals surface area contributed by atoms with Crippen LogP contribution in [0.1, 0.15) is 27.2 Å². The van der Waals surface area contributed by atoms with Crippen LogP contribution < -0.4 is 15.6 Å². The molecule has 1 aromatic rings. The number of allylic oxidation sites excluding steroid dienone is 1. The average Bonchev–Trinajstić information content (AvgIpc) is 3.40. The van der Waals surface area contributed by atoms with Crippen LogP contribution in [0, 0.1) is 0 Å². The number of piperazine rings is 1. The molecule has 5 rings (SSSR count). The van der Waals surface area contributed by atoms with Gasteiger partial charge in [0.2, 0.25) is 0 Å². The summed E-state index contributed by atoms with van der Waals surface area (Å²) in [5, 5.41) is 5.43. The number of rotatable bonds is 3. The van der Waals surface area contributed by atoms with Crippen molar-refractivity contribution in [2.24, 2.45) is 9.98 Å². The molecule has 7 nitrogen and oxygen atoms in total. The van der Waals surface area contributed by atoms with Crippen LogP contribution in [0.15, 0.2) is 46.1 Å². The minimum absolute atomic E-state index is 0.119. The predicted octanol–water partition coefficient (Wildman–Crippen LogP) is 2.22. The standard InChI is InChI=1S/C20H27N7/c1-13(2)25-10-18-8-17(25)11-26(18)16-6-4-15(5-7-16)24-19-20-22-12-23-27(20)14(3)9-21-19/h4-7,9,12-13,17-18,20H,8,10-11H2,1-3H3,(H,21,24)(H,22,23)/t17-,18-,20?/m0/s1. The van der Waals surface area contributed by atoms with Crippen molar-refractivity contribution in [3.05, 3.63) is 36.2 Å². The summed E-state index contributed by atoms with van der Waals surface area (Å²) in [6.07, 6.45) is 4.75. The van der Waals surface area contributed by atoms with E-state index in [-0.39, 0.29) is 6.17 Å². The molecule has 0 amide bonds. The molecular formula is C20H27N7. The van der Waals surface area contributed by atoms with Gasteiger partial charge in [-0.05, 0) is 51.5 Å². The van der Waals surface area contributed by atoms with E-state index in [0.717, 1.165) is 23.8 Å². The van der Waals surface area contributed by atoms with E-state index in [1.165, 1.54) is 18.7 Å². The second-order valence-electron chi connectivity index (χ2n) is 8.09. The molecule has 2 saturated heterocycles. The Balaban J connectivity index is 1.28. The molecule has 27 heavy (non-hydrogen) atoms. The predicted molar refractivity (Wildman–Crippen MR) is 110 cm³/mol. The van der Waals surface area contributed by atoms with Crippen molar-refractivity contribution < 1.29 is 0 Å². The molecule has 0 aromatic heterocycles. The molecule has 2 bridgehead atoms. The largest absolute Gasteiger partial charge is 0.366 e. The molecule has 1 unspecified atom stereocenters. The van der Waals surface area contributed by atoms with Crippen LogP contribution in [-0.4, -0.2) is 59.5 Å². The lowest BCUT2D eigenvalue weighted by molar-refractivity contribution is 0.191. The van der Waals surface area contributed by atoms with E-state index in [1.807, 2.05) is 18.1 Å². The highest BCUT2D eigenvalue weighted by Crippen LogP contribution is 2.36. The zero-order chi connectivity index (χ0) is 18.5. The van der Waals surface area contributed by atoms with Crippen molar-refractivity contribution in [2.75, 3.05) is 23.3 Å². The summed E-state index contributed by atoms with van der Waals surface area (Å²) < 4.78 is 0. The highest BCUT2D eigenvalue weighted by molar-refractivity contribution is 6.01. The van der Waals surface area contributed by atoms with Gasteiger partial charge in [0.1, 0.15) is 6.34 Å². The zero-order valence-electron chi connectivity index (χ0n) is 16.1. The summed E-state index contributed by atoms with van der Waals surface area (Å²) in [4.78, 5) is 14.2. The number of aliphatic imine (C=N–C) groups is 2. The van der Waals surface area contributed by atoms with E-state index in [1.54, 1.807) is 6.34 Å². The lowest BCUT2D eigenvalue weighted by Gasteiger charge is -2.37. The van der Waals surface area contributed by atoms with Gasteiger partial charge in [0.15, 0.2) is 12.0 Å². The summed E-state index contributed by atoms with van der Waals surface area (Å²) in [5.74, 6) is 0.836. The van der Waals surface area contributed by atoms with Crippen molar-refractivity contribution in [3.63, 3.8) is 0 Å². The van der Waals surface area contributed by atoms with Crippen LogP contribution in [0.3, 0.4) is 0 Å². The second-order valence-corrected chi connectivity index (χ2v) is 8.09. The van der Waals surface area contributed by atoms with Crippen molar-refractivity contribution >= 4 is 23.5 Å². The van der Waals surface area contributed by atoms with Gasteiger partial charge in [0.05, 0.1) is 5.70 Å². The molecule has 0 saturated carbocycles. The zero-order valence-corrected chi connectivity index (χ0v) is 16.1. The molecule has 4 aliphatic heterocycles. The lowest BCUT2D eigenvalue weighted by Crippen LogP contribution is -2.48. The number of likely N-dealkylation sites (tertiary alicyclic amines) is 1. The highest BCUT2D eigenvalue weighted by atomic mass is 15.6. The molecule has 7 heteroatoms.